The normalized spacial score (nSPS) is 10.9. The topological polar surface area (TPSA) is 90.1 Å². The Morgan fingerprint density at radius 1 is 1.10 bits per heavy atom. The molecule has 2 heterocycles. The van der Waals surface area contributed by atoms with Crippen molar-refractivity contribution in [3.8, 4) is 11.1 Å². The second kappa shape index (κ2) is 8.38. The van der Waals surface area contributed by atoms with Gasteiger partial charge in [-0.3, -0.25) is 4.79 Å². The second-order valence-electron chi connectivity index (χ2n) is 6.53. The van der Waals surface area contributed by atoms with Crippen molar-refractivity contribution in [1.29, 1.82) is 0 Å². The number of thiophene rings is 1. The summed E-state index contributed by atoms with van der Waals surface area (Å²) < 4.78 is 5.23. The van der Waals surface area contributed by atoms with Gasteiger partial charge in [0.25, 0.3) is 0 Å². The van der Waals surface area contributed by atoms with Gasteiger partial charge in [-0.15, -0.1) is 11.3 Å². The van der Waals surface area contributed by atoms with Crippen LogP contribution < -0.4 is 11.1 Å². The molecule has 0 spiro atoms. The van der Waals surface area contributed by atoms with Crippen molar-refractivity contribution in [1.82, 2.24) is 9.97 Å². The summed E-state index contributed by atoms with van der Waals surface area (Å²) in [6.45, 7) is 0.901. The molecule has 0 fully saturated rings. The molecule has 0 aliphatic carbocycles. The lowest BCUT2D eigenvalue weighted by Gasteiger charge is -2.11. The number of carbonyl (C=O) groups is 1. The van der Waals surface area contributed by atoms with Crippen LogP contribution >= 0.6 is 11.3 Å². The third kappa shape index (κ3) is 4.11. The molecule has 7 heteroatoms. The van der Waals surface area contributed by atoms with E-state index in [1.54, 1.807) is 30.6 Å². The molecular formula is C22H20N4O2S. The molecule has 6 nitrogen and oxygen atoms in total. The summed E-state index contributed by atoms with van der Waals surface area (Å²) >= 11 is 1.59. The van der Waals surface area contributed by atoms with Crippen molar-refractivity contribution < 1.29 is 9.53 Å². The SMILES string of the molecule is COCc1nc(NCc2ccc(C(N)=O)cc2)c2c(-c3ccccc3)csc2n1. The molecule has 0 radical (unpaired) electrons. The molecule has 0 saturated heterocycles. The third-order valence-electron chi connectivity index (χ3n) is 4.54. The van der Waals surface area contributed by atoms with Crippen LogP contribution in [0.5, 0.6) is 0 Å². The number of hydrogen-bond donors (Lipinski definition) is 2. The number of ether oxygens (including phenoxy) is 1. The molecule has 0 bridgehead atoms. The smallest absolute Gasteiger partial charge is 0.248 e. The van der Waals surface area contributed by atoms with Crippen molar-refractivity contribution >= 4 is 33.3 Å². The number of hydrogen-bond acceptors (Lipinski definition) is 6. The Bertz CT molecular complexity index is 1140. The molecule has 0 saturated carbocycles. The first-order valence-corrected chi connectivity index (χ1v) is 9.99. The molecule has 1 amide bonds. The van der Waals surface area contributed by atoms with E-state index < -0.39 is 5.91 Å². The average molecular weight is 404 g/mol. The molecule has 29 heavy (non-hydrogen) atoms. The van der Waals surface area contributed by atoms with E-state index in [1.165, 1.54) is 0 Å². The van der Waals surface area contributed by atoms with Crippen LogP contribution in [0.15, 0.2) is 60.0 Å². The van der Waals surface area contributed by atoms with Gasteiger partial charge >= 0.3 is 0 Å². The summed E-state index contributed by atoms with van der Waals surface area (Å²) in [5, 5.41) is 6.54. The molecule has 146 valence electrons. The molecule has 0 atom stereocenters. The Hall–Kier alpha value is -3.29. The van der Waals surface area contributed by atoms with Gasteiger partial charge < -0.3 is 15.8 Å². The predicted octanol–water partition coefficient (Wildman–Crippen LogP) is 4.22. The van der Waals surface area contributed by atoms with E-state index in [4.69, 9.17) is 15.5 Å². The number of fused-ring (bicyclic) bond motifs is 1. The standard InChI is InChI=1S/C22H20N4O2S/c1-28-12-18-25-21(24-11-14-7-9-16(10-8-14)20(23)27)19-17(13-29-22(19)26-18)15-5-3-2-4-6-15/h2-10,13H,11-12H2,1H3,(H2,23,27)(H,24,25,26). The first-order valence-electron chi connectivity index (χ1n) is 9.11. The zero-order valence-electron chi connectivity index (χ0n) is 15.9. The Morgan fingerprint density at radius 2 is 1.86 bits per heavy atom. The van der Waals surface area contributed by atoms with E-state index in [0.29, 0.717) is 24.5 Å². The fraction of sp³-hybridized carbons (Fsp3) is 0.136. The number of anilines is 1. The first-order chi connectivity index (χ1) is 14.2. The van der Waals surface area contributed by atoms with Crippen LogP contribution in [-0.4, -0.2) is 23.0 Å². The number of benzene rings is 2. The fourth-order valence-corrected chi connectivity index (χ4v) is 4.08. The number of rotatable bonds is 7. The number of amides is 1. The molecular weight excluding hydrogens is 384 g/mol. The molecule has 0 aliphatic heterocycles. The van der Waals surface area contributed by atoms with E-state index in [9.17, 15) is 4.79 Å². The number of primary amides is 1. The van der Waals surface area contributed by atoms with Crippen LogP contribution in [-0.2, 0) is 17.9 Å². The summed E-state index contributed by atoms with van der Waals surface area (Å²) in [7, 11) is 1.63. The van der Waals surface area contributed by atoms with Crippen molar-refractivity contribution in [3.05, 3.63) is 76.9 Å². The maximum atomic E-state index is 11.3. The Labute approximate surface area is 172 Å². The number of methoxy groups -OCH3 is 1. The van der Waals surface area contributed by atoms with Crippen LogP contribution in [0.2, 0.25) is 0 Å². The first kappa shape index (κ1) is 19.0. The summed E-state index contributed by atoms with van der Waals surface area (Å²) in [6.07, 6.45) is 0. The Kier molecular flexibility index (Phi) is 5.50. The van der Waals surface area contributed by atoms with E-state index in [1.807, 2.05) is 30.3 Å². The third-order valence-corrected chi connectivity index (χ3v) is 5.41. The minimum atomic E-state index is -0.433. The average Bonchev–Trinajstić information content (AvgIpc) is 3.17. The molecule has 0 unspecified atom stereocenters. The van der Waals surface area contributed by atoms with E-state index in [2.05, 4.69) is 27.8 Å². The van der Waals surface area contributed by atoms with Gasteiger partial charge in [-0.1, -0.05) is 42.5 Å². The highest BCUT2D eigenvalue weighted by atomic mass is 32.1. The minimum Gasteiger partial charge on any atom is -0.377 e. The van der Waals surface area contributed by atoms with Crippen LogP contribution in [0.25, 0.3) is 21.3 Å². The summed E-state index contributed by atoms with van der Waals surface area (Å²) in [5.41, 5.74) is 9.04. The Balaban J connectivity index is 1.70. The molecule has 2 aromatic carbocycles. The van der Waals surface area contributed by atoms with Crippen LogP contribution in [0.4, 0.5) is 5.82 Å². The predicted molar refractivity (Wildman–Crippen MR) is 116 cm³/mol. The molecule has 4 rings (SSSR count). The monoisotopic (exact) mass is 404 g/mol. The highest BCUT2D eigenvalue weighted by molar-refractivity contribution is 7.17. The van der Waals surface area contributed by atoms with Gasteiger partial charge in [0.2, 0.25) is 5.91 Å². The van der Waals surface area contributed by atoms with E-state index in [0.717, 1.165) is 32.7 Å². The molecule has 2 aromatic heterocycles. The van der Waals surface area contributed by atoms with Gasteiger partial charge in [-0.05, 0) is 23.3 Å². The molecule has 0 aliphatic rings. The number of nitrogens with one attached hydrogen (secondary N) is 1. The second-order valence-corrected chi connectivity index (χ2v) is 7.39. The molecule has 3 N–H and O–H groups in total. The van der Waals surface area contributed by atoms with Crippen LogP contribution in [0, 0.1) is 0 Å². The number of aromatic nitrogens is 2. The van der Waals surface area contributed by atoms with E-state index in [-0.39, 0.29) is 0 Å². The summed E-state index contributed by atoms with van der Waals surface area (Å²) in [5.74, 6) is 0.964. The largest absolute Gasteiger partial charge is 0.377 e. The maximum absolute atomic E-state index is 11.3. The van der Waals surface area contributed by atoms with Gasteiger partial charge in [-0.25, -0.2) is 9.97 Å². The van der Waals surface area contributed by atoms with Crippen molar-refractivity contribution in [2.24, 2.45) is 5.73 Å². The fourth-order valence-electron chi connectivity index (χ4n) is 3.11. The lowest BCUT2D eigenvalue weighted by molar-refractivity contribution is 0.100. The maximum Gasteiger partial charge on any atom is 0.248 e. The lowest BCUT2D eigenvalue weighted by atomic mass is 10.1. The van der Waals surface area contributed by atoms with E-state index >= 15 is 0 Å². The van der Waals surface area contributed by atoms with Gasteiger partial charge in [0, 0.05) is 30.2 Å². The van der Waals surface area contributed by atoms with Crippen molar-refractivity contribution in [2.45, 2.75) is 13.2 Å². The Morgan fingerprint density at radius 3 is 2.55 bits per heavy atom. The minimum absolute atomic E-state index is 0.344. The van der Waals surface area contributed by atoms with Gasteiger partial charge in [0.15, 0.2) is 5.82 Å². The summed E-state index contributed by atoms with van der Waals surface area (Å²) in [6, 6.07) is 17.4. The van der Waals surface area contributed by atoms with Crippen LogP contribution in [0.3, 0.4) is 0 Å². The highest BCUT2D eigenvalue weighted by Gasteiger charge is 2.15. The van der Waals surface area contributed by atoms with Crippen LogP contribution in [0.1, 0.15) is 21.7 Å². The zero-order chi connectivity index (χ0) is 20.2. The number of carbonyl (C=O) groups excluding carboxylic acids is 1. The quantitative estimate of drug-likeness (QED) is 0.481. The van der Waals surface area contributed by atoms with Crippen molar-refractivity contribution in [2.75, 3.05) is 12.4 Å². The van der Waals surface area contributed by atoms with Gasteiger partial charge in [-0.2, -0.15) is 0 Å². The van der Waals surface area contributed by atoms with Gasteiger partial charge in [0.05, 0.1) is 5.39 Å². The lowest BCUT2D eigenvalue weighted by Crippen LogP contribution is -2.11. The number of nitrogens with two attached hydrogens (primary N) is 1. The summed E-state index contributed by atoms with van der Waals surface area (Å²) in [4.78, 5) is 21.5. The number of nitrogens with zero attached hydrogens (tertiary/aromatic N) is 2. The molecule has 4 aromatic rings. The van der Waals surface area contributed by atoms with Crippen molar-refractivity contribution in [3.63, 3.8) is 0 Å². The highest BCUT2D eigenvalue weighted by Crippen LogP contribution is 2.37. The zero-order valence-corrected chi connectivity index (χ0v) is 16.7. The van der Waals surface area contributed by atoms with Gasteiger partial charge in [0.1, 0.15) is 17.3 Å².